The van der Waals surface area contributed by atoms with E-state index in [-0.39, 0.29) is 22.8 Å². The van der Waals surface area contributed by atoms with Gasteiger partial charge in [0.15, 0.2) is 5.12 Å². The van der Waals surface area contributed by atoms with E-state index >= 15 is 0 Å². The lowest BCUT2D eigenvalue weighted by atomic mass is 10.1. The maximum Gasteiger partial charge on any atom is 0.224 e. The van der Waals surface area contributed by atoms with E-state index < -0.39 is 5.82 Å². The molecule has 102 valence electrons. The lowest BCUT2D eigenvalue weighted by Crippen LogP contribution is -2.26. The number of carbonyl (C=O) groups excluding carboxylic acids is 2. The monoisotopic (exact) mass is 282 g/mol. The molecule has 0 saturated carbocycles. The summed E-state index contributed by atoms with van der Waals surface area (Å²) in [5.41, 5.74) is 6.40. The third-order valence-electron chi connectivity index (χ3n) is 3.02. The lowest BCUT2D eigenvalue weighted by molar-refractivity contribution is -0.128. The first-order valence-electron chi connectivity index (χ1n) is 5.95. The Morgan fingerprint density at radius 3 is 2.95 bits per heavy atom. The third kappa shape index (κ3) is 3.26. The van der Waals surface area contributed by atoms with Gasteiger partial charge in [0.2, 0.25) is 5.91 Å². The van der Waals surface area contributed by atoms with Crippen molar-refractivity contribution in [3.05, 3.63) is 29.6 Å². The molecule has 19 heavy (non-hydrogen) atoms. The highest BCUT2D eigenvalue weighted by atomic mass is 32.2. The highest BCUT2D eigenvalue weighted by molar-refractivity contribution is 8.14. The van der Waals surface area contributed by atoms with Crippen molar-refractivity contribution in [3.63, 3.8) is 0 Å². The van der Waals surface area contributed by atoms with Gasteiger partial charge < -0.3 is 10.6 Å². The first-order chi connectivity index (χ1) is 8.97. The Kier molecular flexibility index (Phi) is 4.09. The lowest BCUT2D eigenvalue weighted by Gasteiger charge is -2.18. The van der Waals surface area contributed by atoms with E-state index in [9.17, 15) is 14.0 Å². The number of nitrogens with zero attached hydrogens (tertiary/aromatic N) is 1. The molecule has 6 heteroatoms. The van der Waals surface area contributed by atoms with Crippen LogP contribution in [-0.2, 0) is 16.1 Å². The van der Waals surface area contributed by atoms with E-state index in [0.717, 1.165) is 11.8 Å². The summed E-state index contributed by atoms with van der Waals surface area (Å²) in [6.07, 6.45) is 0.318. The normalized spacial score (nSPS) is 18.9. The number of hydrogen-bond acceptors (Lipinski definition) is 4. The Balaban J connectivity index is 2.08. The van der Waals surface area contributed by atoms with Crippen LogP contribution in [0.3, 0.4) is 0 Å². The minimum absolute atomic E-state index is 0.00921. The van der Waals surface area contributed by atoms with Crippen LogP contribution in [-0.4, -0.2) is 27.7 Å². The van der Waals surface area contributed by atoms with Gasteiger partial charge in [0.1, 0.15) is 5.82 Å². The molecule has 1 saturated heterocycles. The van der Waals surface area contributed by atoms with Crippen LogP contribution < -0.4 is 5.73 Å². The molecular weight excluding hydrogens is 267 g/mol. The van der Waals surface area contributed by atoms with Crippen LogP contribution in [0.1, 0.15) is 18.9 Å². The van der Waals surface area contributed by atoms with E-state index in [0.29, 0.717) is 24.2 Å². The average molecular weight is 282 g/mol. The van der Waals surface area contributed by atoms with E-state index in [1.165, 1.54) is 19.1 Å². The Hall–Kier alpha value is -1.56. The number of nitrogen functional groups attached to an aromatic ring is 1. The number of carbonyl (C=O) groups is 2. The van der Waals surface area contributed by atoms with Crippen LogP contribution in [0.25, 0.3) is 0 Å². The zero-order chi connectivity index (χ0) is 14.0. The van der Waals surface area contributed by atoms with Gasteiger partial charge in [0, 0.05) is 36.4 Å². The number of likely N-dealkylation sites (tertiary alicyclic amines) is 1. The van der Waals surface area contributed by atoms with Crippen molar-refractivity contribution >= 4 is 28.5 Å². The zero-order valence-corrected chi connectivity index (χ0v) is 11.4. The summed E-state index contributed by atoms with van der Waals surface area (Å²) in [6, 6.07) is 4.48. The molecule has 1 amide bonds. The molecule has 2 N–H and O–H groups in total. The first-order valence-corrected chi connectivity index (χ1v) is 6.83. The Bertz CT molecular complexity index is 501. The Labute approximate surface area is 115 Å². The zero-order valence-electron chi connectivity index (χ0n) is 10.6. The summed E-state index contributed by atoms with van der Waals surface area (Å²) in [4.78, 5) is 24.4. The van der Waals surface area contributed by atoms with Crippen molar-refractivity contribution in [2.24, 2.45) is 0 Å². The van der Waals surface area contributed by atoms with Crippen LogP contribution in [0.5, 0.6) is 0 Å². The van der Waals surface area contributed by atoms with Crippen molar-refractivity contribution in [1.29, 1.82) is 0 Å². The maximum absolute atomic E-state index is 13.7. The number of hydrogen-bond donors (Lipinski definition) is 1. The van der Waals surface area contributed by atoms with Crippen LogP contribution in [0.15, 0.2) is 18.2 Å². The first kappa shape index (κ1) is 13.9. The number of nitrogens with two attached hydrogens (primary N) is 1. The molecule has 1 fully saturated rings. The van der Waals surface area contributed by atoms with E-state index in [4.69, 9.17) is 5.73 Å². The molecule has 1 unspecified atom stereocenters. The highest BCUT2D eigenvalue weighted by Crippen LogP contribution is 2.27. The second kappa shape index (κ2) is 5.61. The fourth-order valence-corrected chi connectivity index (χ4v) is 3.09. The molecule has 0 aromatic heterocycles. The minimum Gasteiger partial charge on any atom is -0.398 e. The molecule has 0 spiro atoms. The summed E-state index contributed by atoms with van der Waals surface area (Å²) < 4.78 is 13.7. The van der Waals surface area contributed by atoms with E-state index in [2.05, 4.69) is 0 Å². The third-order valence-corrected chi connectivity index (χ3v) is 4.00. The number of anilines is 1. The number of halogens is 1. The molecule has 0 radical (unpaired) electrons. The molecule has 1 aliphatic heterocycles. The topological polar surface area (TPSA) is 63.4 Å². The average Bonchev–Trinajstić information content (AvgIpc) is 2.63. The maximum atomic E-state index is 13.7. The van der Waals surface area contributed by atoms with Gasteiger partial charge in [-0.1, -0.05) is 17.8 Å². The standard InChI is InChI=1S/C13H15FN2O2S/c1-8(17)19-9-5-13(18)16(6-9)7-10-11(14)3-2-4-12(10)15/h2-4,9H,5-7,15H2,1H3. The fourth-order valence-electron chi connectivity index (χ4n) is 2.14. The van der Waals surface area contributed by atoms with Crippen molar-refractivity contribution in [2.75, 3.05) is 12.3 Å². The summed E-state index contributed by atoms with van der Waals surface area (Å²) in [7, 11) is 0. The van der Waals surface area contributed by atoms with Gasteiger partial charge >= 0.3 is 0 Å². The molecule has 1 aliphatic rings. The number of benzene rings is 1. The van der Waals surface area contributed by atoms with Gasteiger partial charge in [-0.3, -0.25) is 9.59 Å². The van der Waals surface area contributed by atoms with Gasteiger partial charge in [0.25, 0.3) is 0 Å². The Morgan fingerprint density at radius 2 is 2.32 bits per heavy atom. The number of rotatable bonds is 3. The molecule has 1 aromatic carbocycles. The van der Waals surface area contributed by atoms with E-state index in [1.54, 1.807) is 11.0 Å². The van der Waals surface area contributed by atoms with Crippen LogP contribution in [0.2, 0.25) is 0 Å². The van der Waals surface area contributed by atoms with E-state index in [1.807, 2.05) is 0 Å². The molecule has 1 atom stereocenters. The summed E-state index contributed by atoms with van der Waals surface area (Å²) in [6.45, 7) is 2.09. The predicted octanol–water partition coefficient (Wildman–Crippen LogP) is 1.79. The second-order valence-corrected chi connectivity index (χ2v) is 5.99. The summed E-state index contributed by atoms with van der Waals surface area (Å²) in [5, 5.41) is -0.0527. The van der Waals surface area contributed by atoms with Crippen molar-refractivity contribution in [3.8, 4) is 0 Å². The van der Waals surface area contributed by atoms with Gasteiger partial charge in [-0.25, -0.2) is 4.39 Å². The second-order valence-electron chi connectivity index (χ2n) is 4.52. The molecule has 2 rings (SSSR count). The van der Waals surface area contributed by atoms with Gasteiger partial charge in [-0.15, -0.1) is 0 Å². The molecule has 1 aromatic rings. The van der Waals surface area contributed by atoms with Gasteiger partial charge in [-0.05, 0) is 12.1 Å². The minimum atomic E-state index is -0.407. The molecule has 0 bridgehead atoms. The number of amides is 1. The van der Waals surface area contributed by atoms with Gasteiger partial charge in [0.05, 0.1) is 6.54 Å². The van der Waals surface area contributed by atoms with Crippen molar-refractivity contribution in [1.82, 2.24) is 4.90 Å². The fraction of sp³-hybridized carbons (Fsp3) is 0.385. The summed E-state index contributed by atoms with van der Waals surface area (Å²) in [5.74, 6) is -0.475. The number of thioether (sulfide) groups is 1. The largest absolute Gasteiger partial charge is 0.398 e. The van der Waals surface area contributed by atoms with Crippen LogP contribution in [0.4, 0.5) is 10.1 Å². The van der Waals surface area contributed by atoms with Crippen LogP contribution >= 0.6 is 11.8 Å². The molecule has 1 heterocycles. The quantitative estimate of drug-likeness (QED) is 0.858. The summed E-state index contributed by atoms with van der Waals surface area (Å²) >= 11 is 1.16. The smallest absolute Gasteiger partial charge is 0.224 e. The van der Waals surface area contributed by atoms with Crippen molar-refractivity contribution < 1.29 is 14.0 Å². The van der Waals surface area contributed by atoms with Crippen molar-refractivity contribution in [2.45, 2.75) is 25.1 Å². The molecule has 4 nitrogen and oxygen atoms in total. The molecule has 0 aliphatic carbocycles. The molecular formula is C13H15FN2O2S. The van der Waals surface area contributed by atoms with Crippen LogP contribution in [0, 0.1) is 5.82 Å². The predicted molar refractivity (Wildman–Crippen MR) is 72.9 cm³/mol. The highest BCUT2D eigenvalue weighted by Gasteiger charge is 2.31. The van der Waals surface area contributed by atoms with Gasteiger partial charge in [-0.2, -0.15) is 0 Å². The SMILES string of the molecule is CC(=O)SC1CC(=O)N(Cc2c(N)cccc2F)C1. The Morgan fingerprint density at radius 1 is 1.58 bits per heavy atom.